The van der Waals surface area contributed by atoms with E-state index >= 15 is 0 Å². The quantitative estimate of drug-likeness (QED) is 0.412. The Kier molecular flexibility index (Phi) is 3.42. The Labute approximate surface area is 137 Å². The minimum absolute atomic E-state index is 0.0153. The van der Waals surface area contributed by atoms with Gasteiger partial charge in [0, 0.05) is 30.4 Å². The van der Waals surface area contributed by atoms with Crippen LogP contribution in [0.5, 0.6) is 11.5 Å². The van der Waals surface area contributed by atoms with Crippen LogP contribution in [0.25, 0.3) is 21.7 Å². The molecule has 0 atom stereocenters. The number of fused-ring (bicyclic) bond motifs is 4. The third kappa shape index (κ3) is 2.05. The normalized spacial score (nSPS) is 13.4. The summed E-state index contributed by atoms with van der Waals surface area (Å²) in [6.07, 6.45) is 1.58. The molecule has 4 rings (SSSR count). The van der Waals surface area contributed by atoms with Gasteiger partial charge in [0.05, 0.1) is 34.6 Å². The molecule has 0 amide bonds. The molecule has 0 saturated carbocycles. The summed E-state index contributed by atoms with van der Waals surface area (Å²) in [5, 5.41) is 27.6. The van der Waals surface area contributed by atoms with Crippen molar-refractivity contribution in [3.05, 3.63) is 35.1 Å². The number of anilines is 1. The van der Waals surface area contributed by atoms with Crippen LogP contribution in [-0.4, -0.2) is 41.4 Å². The summed E-state index contributed by atoms with van der Waals surface area (Å²) in [5.74, 6) is 0.0703. The molecular formula is C17H17N5O2. The number of nitrogens with zero attached hydrogens (tertiary/aromatic N) is 3. The van der Waals surface area contributed by atoms with E-state index in [1.54, 1.807) is 18.3 Å². The molecule has 0 radical (unpaired) electrons. The number of nitrogens with two attached hydrogens (primary N) is 1. The van der Waals surface area contributed by atoms with Gasteiger partial charge in [0.2, 0.25) is 0 Å². The van der Waals surface area contributed by atoms with E-state index in [0.717, 1.165) is 0 Å². The molecule has 0 fully saturated rings. The molecule has 24 heavy (non-hydrogen) atoms. The van der Waals surface area contributed by atoms with Crippen LogP contribution in [0.15, 0.2) is 34.4 Å². The van der Waals surface area contributed by atoms with Crippen LogP contribution in [0.4, 0.5) is 5.69 Å². The van der Waals surface area contributed by atoms with Crippen LogP contribution in [0.3, 0.4) is 0 Å². The summed E-state index contributed by atoms with van der Waals surface area (Å²) in [7, 11) is 0. The maximum atomic E-state index is 10.8. The smallest absolute Gasteiger partial charge is 0.152 e. The lowest BCUT2D eigenvalue weighted by molar-refractivity contribution is 0.477. The predicted octanol–water partition coefficient (Wildman–Crippen LogP) is 0.423. The Hall–Kier alpha value is -2.93. The van der Waals surface area contributed by atoms with Gasteiger partial charge in [-0.05, 0) is 18.2 Å². The van der Waals surface area contributed by atoms with Crippen molar-refractivity contribution >= 4 is 27.4 Å². The molecular weight excluding hydrogens is 306 g/mol. The number of aromatic hydroxyl groups is 2. The first-order valence-electron chi connectivity index (χ1n) is 7.80. The highest BCUT2D eigenvalue weighted by atomic mass is 16.3. The van der Waals surface area contributed by atoms with E-state index in [-0.39, 0.29) is 11.5 Å². The molecule has 2 heterocycles. The monoisotopic (exact) mass is 323 g/mol. The van der Waals surface area contributed by atoms with Crippen LogP contribution in [0.2, 0.25) is 0 Å². The number of benzene rings is 2. The van der Waals surface area contributed by atoms with Gasteiger partial charge in [0.1, 0.15) is 11.3 Å². The molecule has 1 aromatic heterocycles. The van der Waals surface area contributed by atoms with Crippen molar-refractivity contribution in [2.45, 2.75) is 0 Å². The summed E-state index contributed by atoms with van der Waals surface area (Å²) >= 11 is 0. The highest BCUT2D eigenvalue weighted by Crippen LogP contribution is 2.41. The number of aromatic nitrogens is 1. The average molecular weight is 323 g/mol. The first kappa shape index (κ1) is 14.6. The highest BCUT2D eigenvalue weighted by molar-refractivity contribution is 6.13. The third-order valence-electron chi connectivity index (χ3n) is 4.15. The molecule has 3 aromatic rings. The molecule has 122 valence electrons. The van der Waals surface area contributed by atoms with Crippen molar-refractivity contribution < 1.29 is 10.2 Å². The fraction of sp³-hybridized carbons (Fsp3) is 0.235. The Morgan fingerprint density at radius 1 is 1.12 bits per heavy atom. The molecule has 7 nitrogen and oxygen atoms in total. The summed E-state index contributed by atoms with van der Waals surface area (Å²) in [4.78, 5) is 13.2. The van der Waals surface area contributed by atoms with Crippen LogP contribution >= 0.6 is 0 Å². The number of phenols is 2. The molecule has 1 aliphatic heterocycles. The minimum Gasteiger partial charge on any atom is -0.507 e. The maximum Gasteiger partial charge on any atom is 0.152 e. The van der Waals surface area contributed by atoms with E-state index in [1.807, 2.05) is 6.07 Å². The lowest BCUT2D eigenvalue weighted by Gasteiger charge is -2.15. The standard InChI is InChI=1S/C17H17N5O2/c18-3-5-19-10-8-11-15(22-7-6-20-11)13-12(10)17(24)14-9(16(13)23)2-1-4-21-14/h1-2,4,8,19,23-24H,3,5-7,18H2. The number of nitrogens with one attached hydrogen (secondary N) is 1. The van der Waals surface area contributed by atoms with Crippen molar-refractivity contribution in [2.24, 2.45) is 15.7 Å². The lowest BCUT2D eigenvalue weighted by Crippen LogP contribution is -2.31. The van der Waals surface area contributed by atoms with Gasteiger partial charge in [0.15, 0.2) is 5.75 Å². The molecule has 0 unspecified atom stereocenters. The van der Waals surface area contributed by atoms with Crippen LogP contribution < -0.4 is 21.8 Å². The SMILES string of the molecule is NCCNc1cc2c(c3c(O)c4cccnc4c(O)c13)=NCCN=2. The average Bonchev–Trinajstić information content (AvgIpc) is 2.63. The second kappa shape index (κ2) is 5.61. The van der Waals surface area contributed by atoms with Crippen molar-refractivity contribution in [1.82, 2.24) is 4.98 Å². The molecule has 0 bridgehead atoms. The van der Waals surface area contributed by atoms with Crippen molar-refractivity contribution in [1.29, 1.82) is 0 Å². The molecule has 7 heteroatoms. The number of hydrogen-bond donors (Lipinski definition) is 4. The minimum atomic E-state index is 0.0153. The molecule has 0 spiro atoms. The van der Waals surface area contributed by atoms with E-state index in [1.165, 1.54) is 0 Å². The van der Waals surface area contributed by atoms with Crippen LogP contribution in [-0.2, 0) is 0 Å². The first-order chi connectivity index (χ1) is 11.7. The Balaban J connectivity index is 2.25. The zero-order valence-corrected chi connectivity index (χ0v) is 13.0. The van der Waals surface area contributed by atoms with Gasteiger partial charge in [-0.25, -0.2) is 0 Å². The molecule has 0 saturated heterocycles. The number of hydrogen-bond acceptors (Lipinski definition) is 7. The Morgan fingerprint density at radius 3 is 2.79 bits per heavy atom. The number of rotatable bonds is 3. The van der Waals surface area contributed by atoms with Gasteiger partial charge < -0.3 is 21.3 Å². The van der Waals surface area contributed by atoms with E-state index in [2.05, 4.69) is 20.3 Å². The van der Waals surface area contributed by atoms with Gasteiger partial charge in [-0.3, -0.25) is 15.0 Å². The number of pyridine rings is 1. The van der Waals surface area contributed by atoms with Crippen molar-refractivity contribution in [2.75, 3.05) is 31.5 Å². The van der Waals surface area contributed by atoms with Crippen molar-refractivity contribution in [3.8, 4) is 11.5 Å². The number of phenolic OH excluding ortho intramolecular Hbond substituents is 2. The van der Waals surface area contributed by atoms with E-state index in [9.17, 15) is 10.2 Å². The second-order valence-corrected chi connectivity index (χ2v) is 5.62. The fourth-order valence-corrected chi connectivity index (χ4v) is 3.13. The summed E-state index contributed by atoms with van der Waals surface area (Å²) in [5.41, 5.74) is 6.60. The summed E-state index contributed by atoms with van der Waals surface area (Å²) in [6, 6.07) is 5.28. The van der Waals surface area contributed by atoms with Crippen molar-refractivity contribution in [3.63, 3.8) is 0 Å². The molecule has 5 N–H and O–H groups in total. The Bertz CT molecular complexity index is 1080. The largest absolute Gasteiger partial charge is 0.507 e. The zero-order chi connectivity index (χ0) is 16.7. The molecule has 0 aliphatic carbocycles. The molecule has 1 aliphatic rings. The summed E-state index contributed by atoms with van der Waals surface area (Å²) < 4.78 is 0. The molecule has 2 aromatic carbocycles. The van der Waals surface area contributed by atoms with Gasteiger partial charge >= 0.3 is 0 Å². The van der Waals surface area contributed by atoms with E-state index < -0.39 is 0 Å². The van der Waals surface area contributed by atoms with E-state index in [4.69, 9.17) is 5.73 Å². The zero-order valence-electron chi connectivity index (χ0n) is 13.0. The fourth-order valence-electron chi connectivity index (χ4n) is 3.13. The van der Waals surface area contributed by atoms with E-state index in [0.29, 0.717) is 64.3 Å². The second-order valence-electron chi connectivity index (χ2n) is 5.62. The van der Waals surface area contributed by atoms with Gasteiger partial charge in [-0.15, -0.1) is 0 Å². The predicted molar refractivity (Wildman–Crippen MR) is 92.2 cm³/mol. The first-order valence-corrected chi connectivity index (χ1v) is 7.80. The van der Waals surface area contributed by atoms with Gasteiger partial charge in [-0.2, -0.15) is 0 Å². The van der Waals surface area contributed by atoms with Crippen LogP contribution in [0.1, 0.15) is 0 Å². The third-order valence-corrected chi connectivity index (χ3v) is 4.15. The Morgan fingerprint density at radius 2 is 1.96 bits per heavy atom. The van der Waals surface area contributed by atoms with Crippen LogP contribution in [0, 0.1) is 0 Å². The highest BCUT2D eigenvalue weighted by Gasteiger charge is 2.19. The topological polar surface area (TPSA) is 116 Å². The maximum absolute atomic E-state index is 10.8. The lowest BCUT2D eigenvalue weighted by atomic mass is 10.0. The van der Waals surface area contributed by atoms with Gasteiger partial charge in [-0.1, -0.05) is 0 Å². The van der Waals surface area contributed by atoms with Gasteiger partial charge in [0.25, 0.3) is 0 Å². The summed E-state index contributed by atoms with van der Waals surface area (Å²) in [6.45, 7) is 2.14.